The highest BCUT2D eigenvalue weighted by Crippen LogP contribution is 2.56. The number of aryl methyl sites for hydroxylation is 1. The van der Waals surface area contributed by atoms with E-state index in [1.807, 2.05) is 36.0 Å². The van der Waals surface area contributed by atoms with E-state index in [1.165, 1.54) is 46.5 Å². The van der Waals surface area contributed by atoms with Crippen molar-refractivity contribution in [2.24, 2.45) is 11.8 Å². The first-order valence-corrected chi connectivity index (χ1v) is 21.3. The second-order valence-corrected chi connectivity index (χ2v) is 17.9. The number of ether oxygens (including phenoxy) is 1. The SMILES string of the molecule is C[C@@H](COc1ccnc2c1[C@H](C)CCC2)C[C@H]1Cc2ccc(CN3CCN(Cc4cscn4)CC3)cc2C12CCC(Nc1cccc(Cl)c1)(C(=O)O)CC2. The van der Waals surface area contributed by atoms with Crippen LogP contribution in [-0.2, 0) is 36.1 Å². The molecule has 2 fully saturated rings. The Bertz CT molecular complexity index is 1920. The zero-order valence-electron chi connectivity index (χ0n) is 31.7. The zero-order valence-corrected chi connectivity index (χ0v) is 33.3. The van der Waals surface area contributed by atoms with Crippen molar-refractivity contribution in [1.82, 2.24) is 19.8 Å². The number of benzene rings is 2. The van der Waals surface area contributed by atoms with Crippen molar-refractivity contribution in [3.05, 3.63) is 104 Å². The maximum Gasteiger partial charge on any atom is 0.329 e. The lowest BCUT2D eigenvalue weighted by molar-refractivity contribution is -0.144. The summed E-state index contributed by atoms with van der Waals surface area (Å²) in [4.78, 5) is 27.4. The van der Waals surface area contributed by atoms with E-state index >= 15 is 0 Å². The van der Waals surface area contributed by atoms with Crippen LogP contribution in [0.5, 0.6) is 5.75 Å². The Morgan fingerprint density at radius 3 is 2.59 bits per heavy atom. The van der Waals surface area contributed by atoms with Crippen molar-refractivity contribution < 1.29 is 14.6 Å². The molecule has 0 unspecified atom stereocenters. The second-order valence-electron chi connectivity index (χ2n) is 16.7. The molecule has 0 bridgehead atoms. The van der Waals surface area contributed by atoms with Gasteiger partial charge in [0.25, 0.3) is 0 Å². The Balaban J connectivity index is 1.01. The molecule has 8 nitrogen and oxygen atoms in total. The topological polar surface area (TPSA) is 90.8 Å². The summed E-state index contributed by atoms with van der Waals surface area (Å²) in [5, 5.41) is 16.9. The van der Waals surface area contributed by atoms with Crippen molar-refractivity contribution in [3.63, 3.8) is 0 Å². The smallest absolute Gasteiger partial charge is 0.329 e. The first-order chi connectivity index (χ1) is 26.2. The fraction of sp³-hybridized carbons (Fsp3) is 0.523. The molecule has 1 saturated heterocycles. The second kappa shape index (κ2) is 15.9. The molecule has 4 aliphatic rings. The largest absolute Gasteiger partial charge is 0.493 e. The molecule has 2 aromatic heterocycles. The number of thiazole rings is 1. The van der Waals surface area contributed by atoms with Crippen molar-refractivity contribution in [2.45, 2.75) is 102 Å². The minimum absolute atomic E-state index is 0.0782. The Kier molecular flexibility index (Phi) is 11.0. The fourth-order valence-electron chi connectivity index (χ4n) is 10.2. The van der Waals surface area contributed by atoms with E-state index in [4.69, 9.17) is 21.3 Å². The van der Waals surface area contributed by atoms with Gasteiger partial charge >= 0.3 is 5.97 Å². The molecule has 54 heavy (non-hydrogen) atoms. The number of carboxylic acids is 1. The van der Waals surface area contributed by atoms with Gasteiger partial charge in [0.2, 0.25) is 0 Å². The fourth-order valence-corrected chi connectivity index (χ4v) is 10.9. The van der Waals surface area contributed by atoms with Crippen LogP contribution in [0, 0.1) is 11.8 Å². The molecule has 0 radical (unpaired) electrons. The standard InChI is InChI=1S/C44H54ClN5O3S/c1-30(27-53-40-11-16-46-39-8-3-5-31(2)41(39)40)21-34-23-33-10-9-32(25-49-17-19-50(20-18-49)26-37-28-54-29-47-37)22-38(33)43(34)12-14-44(15-13-43,42(51)52)48-36-7-4-6-35(45)24-36/h4,6-7,9-11,16,22,24,28-31,34,48H,3,5,8,12-15,17-21,23,25-27H2,1-2H3,(H,51,52)/t30-,31-,34+,43?,44?/m1/s1. The van der Waals surface area contributed by atoms with E-state index in [2.05, 4.69) is 63.6 Å². The summed E-state index contributed by atoms with van der Waals surface area (Å²) in [6.45, 7) is 11.3. The highest BCUT2D eigenvalue weighted by molar-refractivity contribution is 7.07. The van der Waals surface area contributed by atoms with Gasteiger partial charge < -0.3 is 15.2 Å². The number of halogens is 1. The third-order valence-corrected chi connectivity index (χ3v) is 14.0. The number of hydrogen-bond acceptors (Lipinski definition) is 8. The number of fused-ring (bicyclic) bond motifs is 3. The predicted molar refractivity (Wildman–Crippen MR) is 217 cm³/mol. The molecular formula is C44H54ClN5O3S. The normalized spacial score (nSPS) is 26.3. The van der Waals surface area contributed by atoms with Gasteiger partial charge in [0, 0.05) is 72.8 Å². The van der Waals surface area contributed by atoms with Crippen LogP contribution in [0.3, 0.4) is 0 Å². The van der Waals surface area contributed by atoms with Gasteiger partial charge in [-0.2, -0.15) is 0 Å². The molecule has 286 valence electrons. The molecular weight excluding hydrogens is 714 g/mol. The predicted octanol–water partition coefficient (Wildman–Crippen LogP) is 8.97. The van der Waals surface area contributed by atoms with Crippen LogP contribution >= 0.6 is 22.9 Å². The summed E-state index contributed by atoms with van der Waals surface area (Å²) in [7, 11) is 0. The number of pyridine rings is 1. The number of aromatic nitrogens is 2. The van der Waals surface area contributed by atoms with Gasteiger partial charge in [-0.25, -0.2) is 9.78 Å². The summed E-state index contributed by atoms with van der Waals surface area (Å²) in [6, 6.07) is 16.7. The first-order valence-electron chi connectivity index (χ1n) is 20.0. The van der Waals surface area contributed by atoms with Gasteiger partial charge in [-0.1, -0.05) is 49.7 Å². The maximum absolute atomic E-state index is 13.1. The molecule has 3 heterocycles. The van der Waals surface area contributed by atoms with Crippen molar-refractivity contribution in [1.29, 1.82) is 0 Å². The summed E-state index contributed by atoms with van der Waals surface area (Å²) in [5.41, 5.74) is 9.50. The number of nitrogens with zero attached hydrogens (tertiary/aromatic N) is 4. The van der Waals surface area contributed by atoms with E-state index < -0.39 is 11.5 Å². The van der Waals surface area contributed by atoms with E-state index in [0.717, 1.165) is 82.8 Å². The lowest BCUT2D eigenvalue weighted by Gasteiger charge is -2.47. The van der Waals surface area contributed by atoms with Gasteiger partial charge in [0.1, 0.15) is 11.3 Å². The summed E-state index contributed by atoms with van der Waals surface area (Å²) in [5.74, 6) is 1.46. The van der Waals surface area contributed by atoms with Crippen LogP contribution in [0.15, 0.2) is 65.6 Å². The van der Waals surface area contributed by atoms with Gasteiger partial charge in [-0.15, -0.1) is 11.3 Å². The molecule has 2 N–H and O–H groups in total. The summed E-state index contributed by atoms with van der Waals surface area (Å²) >= 11 is 7.99. The van der Waals surface area contributed by atoms with Crippen LogP contribution < -0.4 is 10.1 Å². The van der Waals surface area contributed by atoms with Gasteiger partial charge in [-0.05, 0) is 122 Å². The average Bonchev–Trinajstić information content (AvgIpc) is 3.78. The van der Waals surface area contributed by atoms with E-state index in [0.29, 0.717) is 42.2 Å². The average molecular weight is 768 g/mol. The molecule has 2 aromatic carbocycles. The number of rotatable bonds is 12. The molecule has 1 aliphatic heterocycles. The minimum Gasteiger partial charge on any atom is -0.493 e. The van der Waals surface area contributed by atoms with Crippen LogP contribution in [0.1, 0.15) is 98.4 Å². The van der Waals surface area contributed by atoms with E-state index in [1.54, 1.807) is 11.3 Å². The Labute approximate surface area is 329 Å². The first kappa shape index (κ1) is 37.4. The zero-order chi connectivity index (χ0) is 37.3. The highest BCUT2D eigenvalue weighted by Gasteiger charge is 2.54. The van der Waals surface area contributed by atoms with Crippen LogP contribution in [0.4, 0.5) is 5.69 Å². The minimum atomic E-state index is -1.04. The molecule has 3 aliphatic carbocycles. The Morgan fingerprint density at radius 1 is 1.06 bits per heavy atom. The monoisotopic (exact) mass is 767 g/mol. The van der Waals surface area contributed by atoms with Crippen molar-refractivity contribution in [2.75, 3.05) is 38.1 Å². The number of carbonyl (C=O) groups is 1. The molecule has 4 aromatic rings. The van der Waals surface area contributed by atoms with Crippen LogP contribution in [-0.4, -0.2) is 69.2 Å². The quantitative estimate of drug-likeness (QED) is 0.148. The number of piperazine rings is 1. The summed E-state index contributed by atoms with van der Waals surface area (Å²) in [6.07, 6.45) is 10.1. The molecule has 1 spiro atoms. The Hall–Kier alpha value is -3.50. The number of nitrogens with one attached hydrogen (secondary N) is 1. The van der Waals surface area contributed by atoms with Gasteiger partial charge in [0.15, 0.2) is 0 Å². The summed E-state index contributed by atoms with van der Waals surface area (Å²) < 4.78 is 6.63. The number of anilines is 1. The molecule has 10 heteroatoms. The molecule has 1 saturated carbocycles. The van der Waals surface area contributed by atoms with Crippen LogP contribution in [0.2, 0.25) is 5.02 Å². The van der Waals surface area contributed by atoms with E-state index in [-0.39, 0.29) is 5.41 Å². The Morgan fingerprint density at radius 2 is 1.85 bits per heavy atom. The van der Waals surface area contributed by atoms with Gasteiger partial charge in [-0.3, -0.25) is 14.8 Å². The van der Waals surface area contributed by atoms with Crippen molar-refractivity contribution in [3.8, 4) is 5.75 Å². The number of aliphatic carboxylic acids is 1. The third kappa shape index (κ3) is 7.79. The van der Waals surface area contributed by atoms with Gasteiger partial charge in [0.05, 0.1) is 17.8 Å². The van der Waals surface area contributed by atoms with Crippen LogP contribution in [0.25, 0.3) is 0 Å². The molecule has 0 amide bonds. The van der Waals surface area contributed by atoms with Crippen molar-refractivity contribution >= 4 is 34.6 Å². The lowest BCUT2D eigenvalue weighted by atomic mass is 9.59. The molecule has 8 rings (SSSR count). The molecule has 3 atom stereocenters. The third-order valence-electron chi connectivity index (χ3n) is 13.1. The number of hydrogen-bond donors (Lipinski definition) is 2. The number of carboxylic acid groups (broad SMARTS) is 1. The maximum atomic E-state index is 13.1. The lowest BCUT2D eigenvalue weighted by Crippen LogP contribution is -2.53. The van der Waals surface area contributed by atoms with E-state index in [9.17, 15) is 9.90 Å². The highest BCUT2D eigenvalue weighted by atomic mass is 35.5.